The Balaban J connectivity index is 2.15. The van der Waals surface area contributed by atoms with Gasteiger partial charge in [0.25, 0.3) is 0 Å². The first-order chi connectivity index (χ1) is 8.84. The largest absolute Gasteiger partial charge is 0.144 e. The Morgan fingerprint density at radius 2 is 1.44 bits per heavy atom. The number of hydrogen-bond donors (Lipinski definition) is 0. The third-order valence-electron chi connectivity index (χ3n) is 3.08. The highest BCUT2D eigenvalue weighted by atomic mass is 32.1. The van der Waals surface area contributed by atoms with Crippen LogP contribution in [0, 0.1) is 6.92 Å². The van der Waals surface area contributed by atoms with Gasteiger partial charge in [-0.15, -0.1) is 11.3 Å². The molecule has 18 heavy (non-hydrogen) atoms. The van der Waals surface area contributed by atoms with Gasteiger partial charge in [-0.05, 0) is 35.1 Å². The molecule has 3 rings (SSSR count). The summed E-state index contributed by atoms with van der Waals surface area (Å²) in [4.78, 5) is 1.33. The van der Waals surface area contributed by atoms with Crippen molar-refractivity contribution in [3.05, 3.63) is 71.6 Å². The topological polar surface area (TPSA) is 0 Å². The van der Waals surface area contributed by atoms with Gasteiger partial charge in [0.2, 0.25) is 0 Å². The van der Waals surface area contributed by atoms with E-state index >= 15 is 0 Å². The van der Waals surface area contributed by atoms with Crippen molar-refractivity contribution in [2.45, 2.75) is 6.92 Å². The molecule has 0 atom stereocenters. The molecule has 0 bridgehead atoms. The summed E-state index contributed by atoms with van der Waals surface area (Å²) in [5, 5.41) is 2.13. The van der Waals surface area contributed by atoms with E-state index in [-0.39, 0.29) is 0 Å². The van der Waals surface area contributed by atoms with Crippen LogP contribution < -0.4 is 0 Å². The first kappa shape index (κ1) is 11.2. The van der Waals surface area contributed by atoms with Crippen LogP contribution in [-0.2, 0) is 0 Å². The Hall–Kier alpha value is -1.86. The molecule has 0 unspecified atom stereocenters. The Bertz CT molecular complexity index is 634. The van der Waals surface area contributed by atoms with Crippen molar-refractivity contribution in [3.8, 4) is 21.6 Å². The van der Waals surface area contributed by atoms with Crippen molar-refractivity contribution >= 4 is 11.3 Å². The lowest BCUT2D eigenvalue weighted by atomic mass is 9.98. The van der Waals surface area contributed by atoms with Crippen molar-refractivity contribution < 1.29 is 0 Å². The van der Waals surface area contributed by atoms with E-state index in [1.165, 1.54) is 27.1 Å². The van der Waals surface area contributed by atoms with E-state index in [4.69, 9.17) is 0 Å². The van der Waals surface area contributed by atoms with Gasteiger partial charge < -0.3 is 0 Å². The molecule has 0 saturated heterocycles. The van der Waals surface area contributed by atoms with Gasteiger partial charge in [0.1, 0.15) is 0 Å². The predicted octanol–water partition coefficient (Wildman–Crippen LogP) is 5.39. The first-order valence-corrected chi connectivity index (χ1v) is 6.92. The minimum atomic E-state index is 1.28. The maximum atomic E-state index is 2.20. The third-order valence-corrected chi connectivity index (χ3v) is 3.98. The minimum absolute atomic E-state index is 1.28. The lowest BCUT2D eigenvalue weighted by Crippen LogP contribution is -1.82. The molecular formula is C17H14S. The molecule has 2 aromatic carbocycles. The van der Waals surface area contributed by atoms with Gasteiger partial charge in [-0.25, -0.2) is 0 Å². The standard InChI is InChI=1S/C17H14S/c1-13-8-10-14(11-9-13)15-5-2-3-6-16(15)17-7-4-12-18-17/h2-12H,1H3. The highest BCUT2D eigenvalue weighted by Gasteiger charge is 2.06. The van der Waals surface area contributed by atoms with Crippen molar-refractivity contribution in [1.82, 2.24) is 0 Å². The number of benzene rings is 2. The van der Waals surface area contributed by atoms with E-state index in [1.54, 1.807) is 11.3 Å². The summed E-state index contributed by atoms with van der Waals surface area (Å²) in [6.45, 7) is 2.12. The van der Waals surface area contributed by atoms with Crippen molar-refractivity contribution in [2.24, 2.45) is 0 Å². The maximum Gasteiger partial charge on any atom is 0.0348 e. The summed E-state index contributed by atoms with van der Waals surface area (Å²) in [5.41, 5.74) is 5.20. The van der Waals surface area contributed by atoms with Gasteiger partial charge in [-0.2, -0.15) is 0 Å². The molecule has 0 fully saturated rings. The van der Waals surface area contributed by atoms with E-state index in [2.05, 4.69) is 73.0 Å². The minimum Gasteiger partial charge on any atom is -0.144 e. The second-order valence-electron chi connectivity index (χ2n) is 4.39. The summed E-state index contributed by atoms with van der Waals surface area (Å²) >= 11 is 1.79. The summed E-state index contributed by atoms with van der Waals surface area (Å²) in [6.07, 6.45) is 0. The van der Waals surface area contributed by atoms with Gasteiger partial charge in [0, 0.05) is 4.88 Å². The smallest absolute Gasteiger partial charge is 0.0348 e. The lowest BCUT2D eigenvalue weighted by Gasteiger charge is -2.08. The molecule has 0 spiro atoms. The molecule has 0 nitrogen and oxygen atoms in total. The summed E-state index contributed by atoms with van der Waals surface area (Å²) in [7, 11) is 0. The molecule has 1 heteroatoms. The van der Waals surface area contributed by atoms with Crippen molar-refractivity contribution in [3.63, 3.8) is 0 Å². The van der Waals surface area contributed by atoms with Crippen LogP contribution in [0.2, 0.25) is 0 Å². The molecule has 88 valence electrons. The van der Waals surface area contributed by atoms with Crippen LogP contribution in [-0.4, -0.2) is 0 Å². The summed E-state index contributed by atoms with van der Waals surface area (Å²) in [6, 6.07) is 21.6. The van der Waals surface area contributed by atoms with Crippen LogP contribution in [0.25, 0.3) is 21.6 Å². The summed E-state index contributed by atoms with van der Waals surface area (Å²) < 4.78 is 0. The molecular weight excluding hydrogens is 236 g/mol. The quantitative estimate of drug-likeness (QED) is 0.572. The van der Waals surface area contributed by atoms with Gasteiger partial charge in [0.15, 0.2) is 0 Å². The van der Waals surface area contributed by atoms with Gasteiger partial charge in [-0.3, -0.25) is 0 Å². The predicted molar refractivity (Wildman–Crippen MR) is 79.9 cm³/mol. The molecule has 0 amide bonds. The van der Waals surface area contributed by atoms with Gasteiger partial charge in [0.05, 0.1) is 0 Å². The average Bonchev–Trinajstić information content (AvgIpc) is 2.93. The van der Waals surface area contributed by atoms with Crippen molar-refractivity contribution in [1.29, 1.82) is 0 Å². The first-order valence-electron chi connectivity index (χ1n) is 6.04. The highest BCUT2D eigenvalue weighted by molar-refractivity contribution is 7.13. The van der Waals surface area contributed by atoms with E-state index in [0.717, 1.165) is 0 Å². The Labute approximate surface area is 112 Å². The zero-order chi connectivity index (χ0) is 12.4. The normalized spacial score (nSPS) is 10.5. The number of thiophene rings is 1. The van der Waals surface area contributed by atoms with Crippen molar-refractivity contribution in [2.75, 3.05) is 0 Å². The van der Waals surface area contributed by atoms with E-state index in [1.807, 2.05) is 0 Å². The summed E-state index contributed by atoms with van der Waals surface area (Å²) in [5.74, 6) is 0. The molecule has 0 radical (unpaired) electrons. The van der Waals surface area contributed by atoms with Gasteiger partial charge >= 0.3 is 0 Å². The molecule has 1 heterocycles. The Morgan fingerprint density at radius 3 is 2.11 bits per heavy atom. The molecule has 0 N–H and O–H groups in total. The van der Waals surface area contributed by atoms with Crippen LogP contribution in [0.4, 0.5) is 0 Å². The van der Waals surface area contributed by atoms with Crippen LogP contribution in [0.15, 0.2) is 66.0 Å². The lowest BCUT2D eigenvalue weighted by molar-refractivity contribution is 1.47. The number of aryl methyl sites for hydroxylation is 1. The highest BCUT2D eigenvalue weighted by Crippen LogP contribution is 2.34. The monoisotopic (exact) mass is 250 g/mol. The fraction of sp³-hybridized carbons (Fsp3) is 0.0588. The molecule has 0 aliphatic heterocycles. The SMILES string of the molecule is Cc1ccc(-c2ccccc2-c2cccs2)cc1. The Morgan fingerprint density at radius 1 is 0.722 bits per heavy atom. The average molecular weight is 250 g/mol. The molecule has 0 saturated carbocycles. The molecule has 0 aliphatic rings. The number of hydrogen-bond acceptors (Lipinski definition) is 1. The van der Waals surface area contributed by atoms with Crippen LogP contribution in [0.3, 0.4) is 0 Å². The molecule has 3 aromatic rings. The Kier molecular flexibility index (Phi) is 2.99. The number of rotatable bonds is 2. The molecule has 0 aliphatic carbocycles. The van der Waals surface area contributed by atoms with Crippen LogP contribution in [0.1, 0.15) is 5.56 Å². The maximum absolute atomic E-state index is 2.20. The van der Waals surface area contributed by atoms with Gasteiger partial charge in [-0.1, -0.05) is 60.2 Å². The third kappa shape index (κ3) is 2.09. The van der Waals surface area contributed by atoms with E-state index < -0.39 is 0 Å². The van der Waals surface area contributed by atoms with E-state index in [9.17, 15) is 0 Å². The van der Waals surface area contributed by atoms with Crippen LogP contribution >= 0.6 is 11.3 Å². The second-order valence-corrected chi connectivity index (χ2v) is 5.34. The zero-order valence-corrected chi connectivity index (χ0v) is 11.1. The second kappa shape index (κ2) is 4.79. The fourth-order valence-electron chi connectivity index (χ4n) is 2.11. The molecule has 1 aromatic heterocycles. The fourth-order valence-corrected chi connectivity index (χ4v) is 2.88. The zero-order valence-electron chi connectivity index (χ0n) is 10.3. The van der Waals surface area contributed by atoms with E-state index in [0.29, 0.717) is 0 Å². The van der Waals surface area contributed by atoms with Crippen LogP contribution in [0.5, 0.6) is 0 Å².